The van der Waals surface area contributed by atoms with Gasteiger partial charge in [0.2, 0.25) is 0 Å². The number of carbonyl (C=O) groups excluding carboxylic acids is 2. The largest absolute Gasteiger partial charge is 0.289 e. The van der Waals surface area contributed by atoms with Crippen LogP contribution in [0.1, 0.15) is 31.8 Å². The molecule has 0 spiro atoms. The maximum absolute atomic E-state index is 12.1. The smallest absolute Gasteiger partial charge is 0.194 e. The third-order valence-electron chi connectivity index (χ3n) is 4.39. The maximum atomic E-state index is 12.1. The maximum Gasteiger partial charge on any atom is 0.194 e. The molecule has 0 amide bonds. The number of nitrogens with zero attached hydrogens (tertiary/aromatic N) is 2. The van der Waals surface area contributed by atoms with E-state index >= 15 is 0 Å². The van der Waals surface area contributed by atoms with Gasteiger partial charge >= 0.3 is 0 Å². The predicted molar refractivity (Wildman–Crippen MR) is 135 cm³/mol. The Bertz CT molecular complexity index is 1270. The summed E-state index contributed by atoms with van der Waals surface area (Å²) in [7, 11) is 0. The monoisotopic (exact) mass is 514 g/mol. The molecule has 4 aromatic rings. The molecule has 2 aromatic carbocycles. The number of ketones is 2. The Balaban J connectivity index is 0.000000186. The van der Waals surface area contributed by atoms with Crippen molar-refractivity contribution in [2.75, 3.05) is 6.26 Å². The van der Waals surface area contributed by atoms with Gasteiger partial charge in [-0.3, -0.25) is 9.59 Å². The standard InChI is InChI=1S/C13H10ClNOS.C12H7Cl2NO/c1-17-13-11(14)7-10(8-15-13)12(16)9-5-3-2-4-6-9;13-10-6-9(7-15-12(10)14)11(16)8-4-2-1-3-5-8/h2-8H,1H3;1-7H. The van der Waals surface area contributed by atoms with E-state index in [9.17, 15) is 9.59 Å². The van der Waals surface area contributed by atoms with Crippen LogP contribution < -0.4 is 0 Å². The summed E-state index contributed by atoms with van der Waals surface area (Å²) < 4.78 is 0. The quantitative estimate of drug-likeness (QED) is 0.158. The molecule has 0 saturated heterocycles. The zero-order valence-electron chi connectivity index (χ0n) is 17.3. The summed E-state index contributed by atoms with van der Waals surface area (Å²) in [4.78, 5) is 32.1. The van der Waals surface area contributed by atoms with Crippen molar-refractivity contribution in [1.82, 2.24) is 9.97 Å². The van der Waals surface area contributed by atoms with E-state index in [4.69, 9.17) is 34.8 Å². The fourth-order valence-electron chi connectivity index (χ4n) is 2.76. The Hall–Kier alpha value is -2.70. The summed E-state index contributed by atoms with van der Waals surface area (Å²) in [6, 6.07) is 21.2. The van der Waals surface area contributed by atoms with Gasteiger partial charge in [0, 0.05) is 34.6 Å². The third-order valence-corrected chi connectivity index (χ3v) is 6.19. The highest BCUT2D eigenvalue weighted by atomic mass is 35.5. The van der Waals surface area contributed by atoms with Crippen LogP contribution in [0.5, 0.6) is 0 Å². The Morgan fingerprint density at radius 1 is 0.667 bits per heavy atom. The molecule has 2 aromatic heterocycles. The third kappa shape index (κ3) is 6.65. The Kier molecular flexibility index (Phi) is 9.03. The molecule has 0 radical (unpaired) electrons. The van der Waals surface area contributed by atoms with Gasteiger partial charge in [0.25, 0.3) is 0 Å². The van der Waals surface area contributed by atoms with E-state index in [2.05, 4.69) is 9.97 Å². The molecule has 0 atom stereocenters. The second-order valence-electron chi connectivity index (χ2n) is 6.60. The molecule has 2 heterocycles. The molecule has 166 valence electrons. The van der Waals surface area contributed by atoms with E-state index in [1.54, 1.807) is 48.7 Å². The molecule has 33 heavy (non-hydrogen) atoms. The molecule has 0 aliphatic carbocycles. The summed E-state index contributed by atoms with van der Waals surface area (Å²) in [5.74, 6) is -0.181. The number of hydrogen-bond donors (Lipinski definition) is 0. The molecule has 8 heteroatoms. The van der Waals surface area contributed by atoms with Crippen molar-refractivity contribution in [1.29, 1.82) is 0 Å². The molecule has 4 rings (SSSR count). The molecule has 0 N–H and O–H groups in total. The normalized spacial score (nSPS) is 10.2. The first-order chi connectivity index (χ1) is 15.9. The zero-order valence-corrected chi connectivity index (χ0v) is 20.4. The first-order valence-corrected chi connectivity index (χ1v) is 12.0. The lowest BCUT2D eigenvalue weighted by molar-refractivity contribution is 0.103. The van der Waals surface area contributed by atoms with Crippen LogP contribution in [-0.4, -0.2) is 27.8 Å². The van der Waals surface area contributed by atoms with Crippen LogP contribution in [0.2, 0.25) is 15.2 Å². The minimum Gasteiger partial charge on any atom is -0.289 e. The fraction of sp³-hybridized carbons (Fsp3) is 0.0400. The highest BCUT2D eigenvalue weighted by molar-refractivity contribution is 7.98. The van der Waals surface area contributed by atoms with Gasteiger partial charge in [0.1, 0.15) is 10.2 Å². The van der Waals surface area contributed by atoms with E-state index in [1.807, 2.05) is 30.5 Å². The number of benzene rings is 2. The van der Waals surface area contributed by atoms with Crippen LogP contribution >= 0.6 is 46.6 Å². The van der Waals surface area contributed by atoms with Crippen LogP contribution in [0.3, 0.4) is 0 Å². The molecule has 4 nitrogen and oxygen atoms in total. The molecule has 0 aliphatic heterocycles. The summed E-state index contributed by atoms with van der Waals surface area (Å²) in [5, 5.41) is 1.73. The Morgan fingerprint density at radius 3 is 1.55 bits per heavy atom. The molecule has 0 saturated carbocycles. The fourth-order valence-corrected chi connectivity index (χ4v) is 3.84. The first-order valence-electron chi connectivity index (χ1n) is 9.60. The van der Waals surface area contributed by atoms with E-state index in [1.165, 1.54) is 24.0 Å². The van der Waals surface area contributed by atoms with Crippen molar-refractivity contribution in [2.24, 2.45) is 0 Å². The number of halogens is 3. The summed E-state index contributed by atoms with van der Waals surface area (Å²) in [6.45, 7) is 0. The van der Waals surface area contributed by atoms with E-state index in [0.29, 0.717) is 27.3 Å². The second kappa shape index (κ2) is 12.0. The summed E-state index contributed by atoms with van der Waals surface area (Å²) in [5.41, 5.74) is 2.18. The van der Waals surface area contributed by atoms with Crippen molar-refractivity contribution in [3.8, 4) is 0 Å². The number of pyridine rings is 2. The van der Waals surface area contributed by atoms with Crippen molar-refractivity contribution >= 4 is 58.1 Å². The highest BCUT2D eigenvalue weighted by Crippen LogP contribution is 2.24. The van der Waals surface area contributed by atoms with Crippen molar-refractivity contribution < 1.29 is 9.59 Å². The lowest BCUT2D eigenvalue weighted by atomic mass is 10.1. The van der Waals surface area contributed by atoms with Crippen LogP contribution in [0, 0.1) is 0 Å². The van der Waals surface area contributed by atoms with Gasteiger partial charge in [-0.2, -0.15) is 0 Å². The SMILES string of the molecule is CSc1ncc(C(=O)c2ccccc2)cc1Cl.O=C(c1ccccc1)c1cnc(Cl)c(Cl)c1. The van der Waals surface area contributed by atoms with Gasteiger partial charge in [-0.05, 0) is 18.4 Å². The van der Waals surface area contributed by atoms with Crippen molar-refractivity contribution in [3.63, 3.8) is 0 Å². The van der Waals surface area contributed by atoms with Gasteiger partial charge in [0.15, 0.2) is 11.6 Å². The second-order valence-corrected chi connectivity index (χ2v) is 8.57. The van der Waals surface area contributed by atoms with Gasteiger partial charge in [0.05, 0.1) is 10.0 Å². The lowest BCUT2D eigenvalue weighted by Gasteiger charge is -2.03. The van der Waals surface area contributed by atoms with Crippen molar-refractivity contribution in [3.05, 3.63) is 123 Å². The summed E-state index contributed by atoms with van der Waals surface area (Å²) in [6.07, 6.45) is 4.88. The van der Waals surface area contributed by atoms with Gasteiger partial charge in [-0.25, -0.2) is 9.97 Å². The topological polar surface area (TPSA) is 59.9 Å². The van der Waals surface area contributed by atoms with Gasteiger partial charge < -0.3 is 0 Å². The predicted octanol–water partition coefficient (Wildman–Crippen LogP) is 7.31. The molecular formula is C25H17Cl3N2O2S. The number of thioether (sulfide) groups is 1. The lowest BCUT2D eigenvalue weighted by Crippen LogP contribution is -2.02. The minimum absolute atomic E-state index is 0.0624. The molecule has 0 unspecified atom stereocenters. The van der Waals surface area contributed by atoms with Gasteiger partial charge in [-0.1, -0.05) is 95.5 Å². The molecule has 0 bridgehead atoms. The first kappa shape index (κ1) is 24.9. The van der Waals surface area contributed by atoms with E-state index in [-0.39, 0.29) is 21.7 Å². The van der Waals surface area contributed by atoms with Crippen molar-refractivity contribution in [2.45, 2.75) is 5.03 Å². The average Bonchev–Trinajstić information content (AvgIpc) is 2.86. The molecular weight excluding hydrogens is 499 g/mol. The Labute approximate surface area is 210 Å². The molecule has 0 aliphatic rings. The minimum atomic E-state index is -0.119. The van der Waals surface area contributed by atoms with E-state index < -0.39 is 0 Å². The number of hydrogen-bond acceptors (Lipinski definition) is 5. The van der Waals surface area contributed by atoms with Crippen LogP contribution in [-0.2, 0) is 0 Å². The highest BCUT2D eigenvalue weighted by Gasteiger charge is 2.12. The van der Waals surface area contributed by atoms with Crippen LogP contribution in [0.15, 0.2) is 90.2 Å². The van der Waals surface area contributed by atoms with E-state index in [0.717, 1.165) is 5.03 Å². The average molecular weight is 516 g/mol. The van der Waals surface area contributed by atoms with Crippen LogP contribution in [0.25, 0.3) is 0 Å². The Morgan fingerprint density at radius 2 is 1.12 bits per heavy atom. The van der Waals surface area contributed by atoms with Crippen LogP contribution in [0.4, 0.5) is 0 Å². The zero-order chi connectivity index (χ0) is 23.8. The number of carbonyl (C=O) groups is 2. The molecule has 0 fully saturated rings. The number of rotatable bonds is 5. The van der Waals surface area contributed by atoms with Gasteiger partial charge in [-0.15, -0.1) is 11.8 Å². The number of aromatic nitrogens is 2. The summed E-state index contributed by atoms with van der Waals surface area (Å²) >= 11 is 19.0.